The van der Waals surface area contributed by atoms with E-state index < -0.39 is 0 Å². The molecule has 0 radical (unpaired) electrons. The molecule has 7 heteroatoms. The summed E-state index contributed by atoms with van der Waals surface area (Å²) in [5, 5.41) is 4.79. The molecule has 0 heterocycles. The number of hydrogen-bond donors (Lipinski definition) is 3. The predicted octanol–water partition coefficient (Wildman–Crippen LogP) is 0.455. The average molecular weight is 395 g/mol. The normalized spacial score (nSPS) is 9.48. The van der Waals surface area contributed by atoms with E-state index in [9.17, 15) is 4.79 Å². The van der Waals surface area contributed by atoms with Gasteiger partial charge in [0.25, 0.3) is 0 Å². The second kappa shape index (κ2) is 14.0. The molecule has 2 aromatic carbocycles. The number of carbonyl (C=O) groups excluding carboxylic acids is 1. The van der Waals surface area contributed by atoms with Gasteiger partial charge < -0.3 is 21.5 Å². The first-order valence-corrected chi connectivity index (χ1v) is 8.23. The maximum Gasteiger partial charge on any atom is 1.00 e. The molecule has 1 amide bonds. The van der Waals surface area contributed by atoms with Gasteiger partial charge in [0.15, 0.2) is 0 Å². The van der Waals surface area contributed by atoms with Crippen molar-refractivity contribution in [3.05, 3.63) is 77.4 Å². The Morgan fingerprint density at radius 3 is 2.11 bits per heavy atom. The van der Waals surface area contributed by atoms with Crippen molar-refractivity contribution in [3.8, 4) is 0 Å². The van der Waals surface area contributed by atoms with Crippen LogP contribution >= 0.6 is 0 Å². The van der Waals surface area contributed by atoms with Crippen molar-refractivity contribution in [1.29, 1.82) is 0 Å². The molecule has 0 saturated carbocycles. The van der Waals surface area contributed by atoms with Gasteiger partial charge >= 0.3 is 51.4 Å². The summed E-state index contributed by atoms with van der Waals surface area (Å²) in [6.45, 7) is 11.6. The van der Waals surface area contributed by atoms with Gasteiger partial charge in [-0.3, -0.25) is 4.79 Å². The topological polar surface area (TPSA) is 90.5 Å². The Hall–Kier alpha value is -1.03. The molecule has 0 aliphatic heterocycles. The summed E-state index contributed by atoms with van der Waals surface area (Å²) in [6.07, 6.45) is 0. The number of allylic oxidation sites excluding steroid dienone is 1. The second-order valence-electron chi connectivity index (χ2n) is 5.73. The van der Waals surface area contributed by atoms with E-state index in [-0.39, 0.29) is 57.3 Å². The number of nitrogens with two attached hydrogens (primary N) is 1. The van der Waals surface area contributed by atoms with Gasteiger partial charge in [-0.1, -0.05) is 49.9 Å². The number of carbonyl (C=O) groups is 1. The van der Waals surface area contributed by atoms with Crippen LogP contribution in [0.4, 0.5) is 0 Å². The van der Waals surface area contributed by atoms with Gasteiger partial charge in [-0.2, -0.15) is 5.70 Å². The molecular formula is C20H27KN4O2. The van der Waals surface area contributed by atoms with Crippen LogP contribution in [0.25, 0.3) is 16.3 Å². The Morgan fingerprint density at radius 2 is 1.67 bits per heavy atom. The molecule has 6 nitrogen and oxygen atoms in total. The van der Waals surface area contributed by atoms with Crippen molar-refractivity contribution in [2.45, 2.75) is 26.9 Å². The number of likely N-dealkylation sites (N-methyl/N-ethyl adjacent to an activating group) is 1. The Balaban J connectivity index is 0.000000728. The Kier molecular flexibility index (Phi) is 13.5. The predicted molar refractivity (Wildman–Crippen MR) is 107 cm³/mol. The molecule has 0 spiro atoms. The van der Waals surface area contributed by atoms with E-state index in [0.29, 0.717) is 24.4 Å². The maximum absolute atomic E-state index is 10.3. The molecule has 0 aliphatic rings. The molecule has 0 bridgehead atoms. The van der Waals surface area contributed by atoms with E-state index in [4.69, 9.17) is 10.7 Å². The number of rotatable bonds is 7. The van der Waals surface area contributed by atoms with Crippen molar-refractivity contribution in [2.75, 3.05) is 7.05 Å². The zero-order chi connectivity index (χ0) is 19.5. The zero-order valence-electron chi connectivity index (χ0n) is 16.6. The van der Waals surface area contributed by atoms with Crippen LogP contribution in [0.3, 0.4) is 0 Å². The first-order chi connectivity index (χ1) is 12.4. The van der Waals surface area contributed by atoms with Gasteiger partial charge in [-0.15, -0.1) is 6.58 Å². The van der Waals surface area contributed by atoms with Crippen molar-refractivity contribution in [3.63, 3.8) is 0 Å². The number of nitrogens with zero attached hydrogens (tertiary/aromatic N) is 1. The summed E-state index contributed by atoms with van der Waals surface area (Å²) >= 11 is 0. The fourth-order valence-electron chi connectivity index (χ4n) is 2.19. The summed E-state index contributed by atoms with van der Waals surface area (Å²) in [4.78, 5) is 15.3. The van der Waals surface area contributed by atoms with E-state index in [1.54, 1.807) is 20.9 Å². The Bertz CT molecular complexity index is 778. The van der Waals surface area contributed by atoms with Gasteiger partial charge in [0, 0.05) is 25.7 Å². The van der Waals surface area contributed by atoms with Crippen LogP contribution in [0, 0.1) is 0 Å². The number of fused-ring (bicyclic) bond motifs is 1. The van der Waals surface area contributed by atoms with E-state index >= 15 is 0 Å². The molecular weight excluding hydrogens is 367 g/mol. The molecule has 0 aromatic heterocycles. The molecule has 0 fully saturated rings. The monoisotopic (exact) mass is 394 g/mol. The number of hydroxylamine groups is 2. The molecule has 4 N–H and O–H groups in total. The first kappa shape index (κ1) is 26.0. The fraction of sp³-hybridized carbons (Fsp3) is 0.250. The van der Waals surface area contributed by atoms with Gasteiger partial charge in [-0.25, -0.2) is 5.48 Å². The van der Waals surface area contributed by atoms with Gasteiger partial charge in [-0.05, 0) is 28.8 Å². The molecule has 0 atom stereocenters. The fourth-order valence-corrected chi connectivity index (χ4v) is 2.19. The van der Waals surface area contributed by atoms with Crippen LogP contribution in [-0.4, -0.2) is 13.0 Å². The van der Waals surface area contributed by atoms with Crippen molar-refractivity contribution in [1.82, 2.24) is 10.8 Å². The van der Waals surface area contributed by atoms with Crippen molar-refractivity contribution in [2.24, 2.45) is 5.73 Å². The number of nitrogens with one attached hydrogen (secondary N) is 2. The molecule has 0 unspecified atom stereocenters. The summed E-state index contributed by atoms with van der Waals surface area (Å²) in [6, 6.07) is 12.3. The average Bonchev–Trinajstić information content (AvgIpc) is 2.64. The van der Waals surface area contributed by atoms with E-state index in [1.165, 1.54) is 10.8 Å². The van der Waals surface area contributed by atoms with Crippen LogP contribution in [0.5, 0.6) is 0 Å². The molecule has 140 valence electrons. The van der Waals surface area contributed by atoms with Crippen LogP contribution in [0.2, 0.25) is 0 Å². The van der Waals surface area contributed by atoms with E-state index in [0.717, 1.165) is 11.1 Å². The Morgan fingerprint density at radius 1 is 1.11 bits per heavy atom. The molecule has 2 rings (SSSR count). The van der Waals surface area contributed by atoms with Crippen molar-refractivity contribution < 1.29 is 61.1 Å². The van der Waals surface area contributed by atoms with Crippen LogP contribution in [-0.2, 0) is 22.8 Å². The molecule has 0 aliphatic carbocycles. The van der Waals surface area contributed by atoms with Gasteiger partial charge in [0.05, 0.1) is 0 Å². The second-order valence-corrected chi connectivity index (χ2v) is 5.73. The van der Waals surface area contributed by atoms with Gasteiger partial charge in [0.2, 0.25) is 5.91 Å². The first-order valence-electron chi connectivity index (χ1n) is 8.23. The minimum Gasteiger partial charge on any atom is -0.546 e. The third kappa shape index (κ3) is 9.14. The van der Waals surface area contributed by atoms with Crippen LogP contribution < -0.4 is 67.9 Å². The smallest absolute Gasteiger partial charge is 0.546 e. The standard InChI is InChI=1S/C15H18N3O.C5H9NO.K/c1-11(2)18-19-17-10-13-8-7-12(9-16)14-5-3-4-6-15(13)14;1-4(2)5(7)6-3;/h3-8,17H,1,9-10,16H2,2H3;1H2,2-3H3,(H,6,7);/q-1;;+1. The minimum absolute atomic E-state index is 0. The molecule has 2 aromatic rings. The summed E-state index contributed by atoms with van der Waals surface area (Å²) in [5.74, 6) is -0.0972. The van der Waals surface area contributed by atoms with Crippen molar-refractivity contribution >= 4 is 16.7 Å². The number of benzene rings is 2. The SMILES string of the molecule is C=C(C)C(=O)NC.C=C(C)[N-]ONCc1ccc(CN)c2ccccc12.[K+]. The summed E-state index contributed by atoms with van der Waals surface area (Å²) in [7, 11) is 1.58. The quantitative estimate of drug-likeness (QED) is 0.275. The maximum atomic E-state index is 10.3. The Labute approximate surface area is 203 Å². The largest absolute Gasteiger partial charge is 1.00 e. The van der Waals surface area contributed by atoms with E-state index in [1.807, 2.05) is 12.1 Å². The third-order valence-electron chi connectivity index (χ3n) is 3.47. The molecule has 0 saturated heterocycles. The van der Waals surface area contributed by atoms with Crippen LogP contribution in [0.15, 0.2) is 60.8 Å². The summed E-state index contributed by atoms with van der Waals surface area (Å²) in [5.41, 5.74) is 15.7. The third-order valence-corrected chi connectivity index (χ3v) is 3.47. The minimum atomic E-state index is -0.0972. The number of hydrogen-bond acceptors (Lipinski definition) is 4. The molecule has 27 heavy (non-hydrogen) atoms. The zero-order valence-corrected chi connectivity index (χ0v) is 19.8. The van der Waals surface area contributed by atoms with E-state index in [2.05, 4.69) is 53.7 Å². The van der Waals surface area contributed by atoms with Gasteiger partial charge in [0.1, 0.15) is 0 Å². The van der Waals surface area contributed by atoms with Crippen LogP contribution in [0.1, 0.15) is 25.0 Å². The number of amides is 1. The summed E-state index contributed by atoms with van der Waals surface area (Å²) < 4.78 is 0.